The normalized spacial score (nSPS) is 11.2. The van der Waals surface area contributed by atoms with E-state index in [1.54, 1.807) is 23.8 Å². The molecule has 0 fully saturated rings. The Hall–Kier alpha value is -2.09. The number of hydrogen-bond acceptors (Lipinski definition) is 6. The third-order valence-corrected chi connectivity index (χ3v) is 6.17. The van der Waals surface area contributed by atoms with Gasteiger partial charge in [-0.3, -0.25) is 9.69 Å². The largest absolute Gasteiger partial charge is 0.497 e. The molecule has 2 aromatic carbocycles. The van der Waals surface area contributed by atoms with Gasteiger partial charge in [0.05, 0.1) is 17.3 Å². The van der Waals surface area contributed by atoms with Gasteiger partial charge in [0.1, 0.15) is 5.75 Å². The number of fused-ring (bicyclic) bond motifs is 1. The lowest BCUT2D eigenvalue weighted by molar-refractivity contribution is 0.0986. The Kier molecular flexibility index (Phi) is 6.93. The number of rotatable bonds is 8. The highest BCUT2D eigenvalue weighted by Crippen LogP contribution is 2.32. The Balaban J connectivity index is 1.92. The molecule has 0 atom stereocenters. The monoisotopic (exact) mass is 415 g/mol. The Morgan fingerprint density at radius 1 is 1.14 bits per heavy atom. The van der Waals surface area contributed by atoms with E-state index in [4.69, 9.17) is 9.72 Å². The van der Waals surface area contributed by atoms with Crippen LogP contribution in [-0.4, -0.2) is 56.3 Å². The second-order valence-corrected chi connectivity index (χ2v) is 8.56. The molecule has 0 bridgehead atoms. The molecular formula is C21H25N3O2S2. The van der Waals surface area contributed by atoms with Gasteiger partial charge in [0, 0.05) is 17.0 Å². The van der Waals surface area contributed by atoms with E-state index in [0.29, 0.717) is 12.1 Å². The maximum absolute atomic E-state index is 13.3. The summed E-state index contributed by atoms with van der Waals surface area (Å²) in [6.45, 7) is 1.53. The number of carbonyl (C=O) groups is 1. The molecule has 0 spiro atoms. The van der Waals surface area contributed by atoms with E-state index in [9.17, 15) is 4.79 Å². The zero-order valence-electron chi connectivity index (χ0n) is 16.6. The molecule has 0 radical (unpaired) electrons. The minimum absolute atomic E-state index is 0.0163. The summed E-state index contributed by atoms with van der Waals surface area (Å²) < 4.78 is 6.32. The van der Waals surface area contributed by atoms with Crippen LogP contribution in [0.15, 0.2) is 47.4 Å². The van der Waals surface area contributed by atoms with Gasteiger partial charge in [0.15, 0.2) is 5.13 Å². The standard InChI is InChI=1S/C21H25N3O2S2/c1-23(2)12-5-13-24(20(25)15-6-9-17(27-4)10-7-15)21-22-18-11-8-16(26-3)14-19(18)28-21/h6-11,14H,5,12-13H2,1-4H3. The first-order valence-electron chi connectivity index (χ1n) is 9.07. The smallest absolute Gasteiger partial charge is 0.260 e. The van der Waals surface area contributed by atoms with E-state index < -0.39 is 0 Å². The summed E-state index contributed by atoms with van der Waals surface area (Å²) in [5.74, 6) is 0.776. The number of anilines is 1. The minimum atomic E-state index is -0.0163. The molecule has 0 saturated carbocycles. The summed E-state index contributed by atoms with van der Waals surface area (Å²) in [5, 5.41) is 0.723. The lowest BCUT2D eigenvalue weighted by Gasteiger charge is -2.21. The summed E-state index contributed by atoms with van der Waals surface area (Å²) in [4.78, 5) is 23.1. The van der Waals surface area contributed by atoms with Gasteiger partial charge in [-0.1, -0.05) is 11.3 Å². The van der Waals surface area contributed by atoms with Crippen molar-refractivity contribution in [3.63, 3.8) is 0 Å². The molecule has 1 aromatic heterocycles. The van der Waals surface area contributed by atoms with Crippen LogP contribution in [0.25, 0.3) is 10.2 Å². The van der Waals surface area contributed by atoms with Crippen LogP contribution in [0.5, 0.6) is 5.75 Å². The van der Waals surface area contributed by atoms with Crippen LogP contribution in [-0.2, 0) is 0 Å². The lowest BCUT2D eigenvalue weighted by Crippen LogP contribution is -2.33. The zero-order chi connectivity index (χ0) is 20.1. The van der Waals surface area contributed by atoms with Gasteiger partial charge >= 0.3 is 0 Å². The minimum Gasteiger partial charge on any atom is -0.497 e. The number of nitrogens with zero attached hydrogens (tertiary/aromatic N) is 3. The molecule has 7 heteroatoms. The van der Waals surface area contributed by atoms with E-state index in [1.165, 1.54) is 11.3 Å². The maximum Gasteiger partial charge on any atom is 0.260 e. The van der Waals surface area contributed by atoms with Crippen molar-refractivity contribution in [3.8, 4) is 5.75 Å². The number of thiazole rings is 1. The summed E-state index contributed by atoms with van der Waals surface area (Å²) in [5.41, 5.74) is 1.56. The van der Waals surface area contributed by atoms with Crippen molar-refractivity contribution < 1.29 is 9.53 Å². The Bertz CT molecular complexity index is 938. The molecule has 28 heavy (non-hydrogen) atoms. The zero-order valence-corrected chi connectivity index (χ0v) is 18.3. The predicted molar refractivity (Wildman–Crippen MR) is 119 cm³/mol. The predicted octanol–water partition coefficient (Wildman–Crippen LogP) is 4.63. The fourth-order valence-corrected chi connectivity index (χ4v) is 4.28. The van der Waals surface area contributed by atoms with E-state index in [2.05, 4.69) is 4.90 Å². The number of ether oxygens (including phenoxy) is 1. The van der Waals surface area contributed by atoms with Crippen molar-refractivity contribution in [3.05, 3.63) is 48.0 Å². The fourth-order valence-electron chi connectivity index (χ4n) is 2.85. The molecule has 3 aromatic rings. The third kappa shape index (κ3) is 4.84. The highest BCUT2D eigenvalue weighted by atomic mass is 32.2. The average Bonchev–Trinajstić information content (AvgIpc) is 3.13. The number of benzene rings is 2. The maximum atomic E-state index is 13.3. The summed E-state index contributed by atoms with van der Waals surface area (Å²) in [6, 6.07) is 13.5. The van der Waals surface area contributed by atoms with E-state index in [-0.39, 0.29) is 5.91 Å². The van der Waals surface area contributed by atoms with Crippen LogP contribution in [0.4, 0.5) is 5.13 Å². The molecule has 0 unspecified atom stereocenters. The van der Waals surface area contributed by atoms with Gasteiger partial charge in [-0.15, -0.1) is 11.8 Å². The van der Waals surface area contributed by atoms with Crippen molar-refractivity contribution in [1.82, 2.24) is 9.88 Å². The number of aromatic nitrogens is 1. The fraction of sp³-hybridized carbons (Fsp3) is 0.333. The van der Waals surface area contributed by atoms with Crippen LogP contribution < -0.4 is 9.64 Å². The quantitative estimate of drug-likeness (QED) is 0.502. The number of amides is 1. The topological polar surface area (TPSA) is 45.7 Å². The van der Waals surface area contributed by atoms with Crippen molar-refractivity contribution in [2.75, 3.05) is 45.5 Å². The number of hydrogen-bond donors (Lipinski definition) is 0. The first-order valence-corrected chi connectivity index (χ1v) is 11.1. The lowest BCUT2D eigenvalue weighted by atomic mass is 10.2. The van der Waals surface area contributed by atoms with Crippen molar-refractivity contribution in [1.29, 1.82) is 0 Å². The highest BCUT2D eigenvalue weighted by Gasteiger charge is 2.21. The van der Waals surface area contributed by atoms with E-state index in [0.717, 1.165) is 39.0 Å². The highest BCUT2D eigenvalue weighted by molar-refractivity contribution is 7.98. The molecule has 0 aliphatic carbocycles. The van der Waals surface area contributed by atoms with E-state index in [1.807, 2.05) is 62.8 Å². The Labute approximate surface area is 174 Å². The summed E-state index contributed by atoms with van der Waals surface area (Å²) in [6.07, 6.45) is 2.90. The number of carbonyl (C=O) groups excluding carboxylic acids is 1. The first-order chi connectivity index (χ1) is 13.5. The van der Waals surface area contributed by atoms with Gasteiger partial charge in [-0.2, -0.15) is 0 Å². The molecule has 148 valence electrons. The average molecular weight is 416 g/mol. The van der Waals surface area contributed by atoms with Gasteiger partial charge in [0.25, 0.3) is 5.91 Å². The molecule has 5 nitrogen and oxygen atoms in total. The van der Waals surface area contributed by atoms with Crippen molar-refractivity contribution in [2.45, 2.75) is 11.3 Å². The van der Waals surface area contributed by atoms with Gasteiger partial charge < -0.3 is 9.64 Å². The number of thioether (sulfide) groups is 1. The molecule has 0 aliphatic rings. The molecule has 3 rings (SSSR count). The van der Waals surface area contributed by atoms with Crippen LogP contribution in [0, 0.1) is 0 Å². The van der Waals surface area contributed by atoms with Gasteiger partial charge in [-0.25, -0.2) is 4.98 Å². The second kappa shape index (κ2) is 9.41. The van der Waals surface area contributed by atoms with Crippen LogP contribution in [0.1, 0.15) is 16.8 Å². The summed E-state index contributed by atoms with van der Waals surface area (Å²) >= 11 is 3.19. The molecular weight excluding hydrogens is 390 g/mol. The van der Waals surface area contributed by atoms with Crippen LogP contribution >= 0.6 is 23.1 Å². The number of methoxy groups -OCH3 is 1. The Morgan fingerprint density at radius 3 is 2.54 bits per heavy atom. The summed E-state index contributed by atoms with van der Waals surface area (Å²) in [7, 11) is 5.73. The third-order valence-electron chi connectivity index (χ3n) is 4.38. The van der Waals surface area contributed by atoms with Gasteiger partial charge in [-0.05, 0) is 75.8 Å². The SMILES string of the molecule is COc1ccc2nc(N(CCCN(C)C)C(=O)c3ccc(SC)cc3)sc2c1. The first kappa shape index (κ1) is 20.6. The Morgan fingerprint density at radius 2 is 1.89 bits per heavy atom. The molecule has 1 heterocycles. The molecule has 0 aliphatic heterocycles. The van der Waals surface area contributed by atoms with Crippen LogP contribution in [0.2, 0.25) is 0 Å². The van der Waals surface area contributed by atoms with E-state index >= 15 is 0 Å². The van der Waals surface area contributed by atoms with Gasteiger partial charge in [0.2, 0.25) is 0 Å². The molecule has 0 N–H and O–H groups in total. The van der Waals surface area contributed by atoms with Crippen molar-refractivity contribution in [2.24, 2.45) is 0 Å². The molecule has 1 amide bonds. The second-order valence-electron chi connectivity index (χ2n) is 6.67. The molecule has 0 saturated heterocycles. The van der Waals surface area contributed by atoms with Crippen molar-refractivity contribution >= 4 is 44.4 Å². The van der Waals surface area contributed by atoms with Crippen LogP contribution in [0.3, 0.4) is 0 Å².